The molecule has 1 aromatic heterocycles. The third-order valence-electron chi connectivity index (χ3n) is 2.74. The molecule has 0 aliphatic heterocycles. The van der Waals surface area contributed by atoms with Crippen molar-refractivity contribution in [3.63, 3.8) is 0 Å². The molecule has 0 aliphatic rings. The summed E-state index contributed by atoms with van der Waals surface area (Å²) in [5.41, 5.74) is 0.0299. The van der Waals surface area contributed by atoms with Gasteiger partial charge in [-0.05, 0) is 24.6 Å². The van der Waals surface area contributed by atoms with E-state index in [0.29, 0.717) is 18.4 Å². The third-order valence-corrected chi connectivity index (χ3v) is 3.05. The van der Waals surface area contributed by atoms with Crippen LogP contribution in [0.3, 0.4) is 0 Å². The molecule has 0 aliphatic carbocycles. The Morgan fingerprint density at radius 2 is 2.10 bits per heavy atom. The van der Waals surface area contributed by atoms with E-state index in [1.807, 2.05) is 0 Å². The molecule has 106 valence electrons. The second-order valence-corrected chi connectivity index (χ2v) is 4.38. The monoisotopic (exact) mass is 303 g/mol. The van der Waals surface area contributed by atoms with Crippen molar-refractivity contribution < 1.29 is 18.0 Å². The van der Waals surface area contributed by atoms with Crippen molar-refractivity contribution in [2.24, 2.45) is 0 Å². The lowest BCUT2D eigenvalue weighted by Crippen LogP contribution is -2.07. The predicted octanol–water partition coefficient (Wildman–Crippen LogP) is 3.31. The zero-order valence-corrected chi connectivity index (χ0v) is 11.0. The van der Waals surface area contributed by atoms with E-state index in [0.717, 1.165) is 12.1 Å². The number of alkyl halides is 3. The van der Waals surface area contributed by atoms with Gasteiger partial charge in [0, 0.05) is 0 Å². The second-order valence-electron chi connectivity index (χ2n) is 3.97. The molecular weight excluding hydrogens is 295 g/mol. The molecule has 0 spiro atoms. The second kappa shape index (κ2) is 5.24. The zero-order chi connectivity index (χ0) is 14.9. The number of halogens is 4. The molecule has 2 aromatic rings. The van der Waals surface area contributed by atoms with E-state index in [1.54, 1.807) is 6.92 Å². The van der Waals surface area contributed by atoms with Gasteiger partial charge in [-0.15, -0.1) is 5.10 Å². The van der Waals surface area contributed by atoms with Crippen LogP contribution in [0.5, 0.6) is 0 Å². The van der Waals surface area contributed by atoms with Crippen molar-refractivity contribution in [1.29, 1.82) is 0 Å². The summed E-state index contributed by atoms with van der Waals surface area (Å²) in [4.78, 5) is 10.8. The molecule has 0 saturated carbocycles. The van der Waals surface area contributed by atoms with Gasteiger partial charge in [0.25, 0.3) is 0 Å². The van der Waals surface area contributed by atoms with Crippen LogP contribution in [-0.2, 0) is 12.6 Å². The molecule has 4 nitrogen and oxygen atoms in total. The van der Waals surface area contributed by atoms with Crippen LogP contribution in [0.2, 0.25) is 5.02 Å². The van der Waals surface area contributed by atoms with E-state index >= 15 is 0 Å². The third kappa shape index (κ3) is 2.53. The first-order valence-corrected chi connectivity index (χ1v) is 6.03. The first-order chi connectivity index (χ1) is 9.38. The number of carbonyl (C=O) groups excluding carboxylic acids is 1. The molecule has 0 radical (unpaired) electrons. The van der Waals surface area contributed by atoms with Crippen LogP contribution >= 0.6 is 11.6 Å². The quantitative estimate of drug-likeness (QED) is 0.817. The topological polar surface area (TPSA) is 47.8 Å². The van der Waals surface area contributed by atoms with Crippen LogP contribution in [-0.4, -0.2) is 21.3 Å². The van der Waals surface area contributed by atoms with Gasteiger partial charge in [0.15, 0.2) is 6.29 Å². The standard InChI is InChI=1S/C12H9ClF3N3O/c1-2-10-9(6-20)17-18-19(10)11-4-3-7(5-8(11)13)12(14,15)16/h3-6H,2H2,1H3. The number of nitrogens with zero attached hydrogens (tertiary/aromatic N) is 3. The molecule has 0 bridgehead atoms. The largest absolute Gasteiger partial charge is 0.416 e. The van der Waals surface area contributed by atoms with E-state index in [4.69, 9.17) is 11.6 Å². The number of hydrogen-bond donors (Lipinski definition) is 0. The van der Waals surface area contributed by atoms with Gasteiger partial charge in [-0.1, -0.05) is 23.7 Å². The van der Waals surface area contributed by atoms with Gasteiger partial charge in [-0.25, -0.2) is 4.68 Å². The number of rotatable bonds is 3. The molecule has 0 fully saturated rings. The number of aromatic nitrogens is 3. The summed E-state index contributed by atoms with van der Waals surface area (Å²) in [6, 6.07) is 2.93. The van der Waals surface area contributed by atoms with Crippen LogP contribution < -0.4 is 0 Å². The minimum absolute atomic E-state index is 0.114. The van der Waals surface area contributed by atoms with E-state index in [1.165, 1.54) is 10.7 Å². The van der Waals surface area contributed by atoms with E-state index in [9.17, 15) is 18.0 Å². The lowest BCUT2D eigenvalue weighted by atomic mass is 10.2. The maximum absolute atomic E-state index is 12.6. The highest BCUT2D eigenvalue weighted by Gasteiger charge is 2.31. The van der Waals surface area contributed by atoms with Gasteiger partial charge < -0.3 is 0 Å². The summed E-state index contributed by atoms with van der Waals surface area (Å²) in [6.07, 6.45) is -3.48. The van der Waals surface area contributed by atoms with E-state index < -0.39 is 11.7 Å². The molecule has 0 N–H and O–H groups in total. The lowest BCUT2D eigenvalue weighted by Gasteiger charge is -2.11. The average Bonchev–Trinajstić information content (AvgIpc) is 2.80. The highest BCUT2D eigenvalue weighted by molar-refractivity contribution is 6.32. The smallest absolute Gasteiger partial charge is 0.296 e. The van der Waals surface area contributed by atoms with Crippen molar-refractivity contribution in [2.45, 2.75) is 19.5 Å². The van der Waals surface area contributed by atoms with Crippen molar-refractivity contribution >= 4 is 17.9 Å². The Kier molecular flexibility index (Phi) is 3.80. The van der Waals surface area contributed by atoms with Gasteiger partial charge >= 0.3 is 6.18 Å². The number of aldehydes is 1. The van der Waals surface area contributed by atoms with E-state index in [-0.39, 0.29) is 16.4 Å². The van der Waals surface area contributed by atoms with Crippen LogP contribution in [0.25, 0.3) is 5.69 Å². The van der Waals surface area contributed by atoms with Crippen molar-refractivity contribution in [1.82, 2.24) is 15.0 Å². The Labute approximate surface area is 117 Å². The number of hydrogen-bond acceptors (Lipinski definition) is 3. The number of benzene rings is 1. The van der Waals surface area contributed by atoms with Crippen LogP contribution in [0.15, 0.2) is 18.2 Å². The van der Waals surface area contributed by atoms with Gasteiger partial charge in [-0.2, -0.15) is 13.2 Å². The molecule has 1 aromatic carbocycles. The Morgan fingerprint density at radius 1 is 1.40 bits per heavy atom. The zero-order valence-electron chi connectivity index (χ0n) is 10.3. The summed E-state index contributed by atoms with van der Waals surface area (Å²) in [5, 5.41) is 7.29. The first kappa shape index (κ1) is 14.5. The highest BCUT2D eigenvalue weighted by atomic mass is 35.5. The summed E-state index contributed by atoms with van der Waals surface area (Å²) < 4.78 is 39.0. The fourth-order valence-electron chi connectivity index (χ4n) is 1.78. The Balaban J connectivity index is 2.54. The van der Waals surface area contributed by atoms with Gasteiger partial charge in [0.2, 0.25) is 0 Å². The van der Waals surface area contributed by atoms with E-state index in [2.05, 4.69) is 10.3 Å². The Morgan fingerprint density at radius 3 is 2.60 bits per heavy atom. The molecular formula is C12H9ClF3N3O. The minimum Gasteiger partial charge on any atom is -0.296 e. The van der Waals surface area contributed by atoms with Crippen molar-refractivity contribution in [3.05, 3.63) is 40.2 Å². The first-order valence-electron chi connectivity index (χ1n) is 5.65. The van der Waals surface area contributed by atoms with Crippen LogP contribution in [0, 0.1) is 0 Å². The Bertz CT molecular complexity index is 652. The summed E-state index contributed by atoms with van der Waals surface area (Å²) in [5.74, 6) is 0. The SMILES string of the molecule is CCc1c(C=O)nnn1-c1ccc(C(F)(F)F)cc1Cl. The molecule has 0 amide bonds. The molecule has 0 unspecified atom stereocenters. The van der Waals surface area contributed by atoms with Gasteiger partial charge in [0.05, 0.1) is 22.0 Å². The summed E-state index contributed by atoms with van der Waals surface area (Å²) in [6.45, 7) is 1.78. The normalized spacial score (nSPS) is 11.7. The molecule has 0 saturated heterocycles. The summed E-state index contributed by atoms with van der Waals surface area (Å²) in [7, 11) is 0. The van der Waals surface area contributed by atoms with Gasteiger partial charge in [0.1, 0.15) is 5.69 Å². The Hall–Kier alpha value is -1.89. The maximum Gasteiger partial charge on any atom is 0.416 e. The average molecular weight is 304 g/mol. The molecule has 1 heterocycles. The van der Waals surface area contributed by atoms with Gasteiger partial charge in [-0.3, -0.25) is 4.79 Å². The van der Waals surface area contributed by atoms with Crippen LogP contribution in [0.4, 0.5) is 13.2 Å². The maximum atomic E-state index is 12.6. The van der Waals surface area contributed by atoms with Crippen LogP contribution in [0.1, 0.15) is 28.7 Å². The van der Waals surface area contributed by atoms with Crippen molar-refractivity contribution in [3.8, 4) is 5.69 Å². The highest BCUT2D eigenvalue weighted by Crippen LogP contribution is 2.33. The number of carbonyl (C=O) groups is 1. The lowest BCUT2D eigenvalue weighted by molar-refractivity contribution is -0.137. The molecule has 20 heavy (non-hydrogen) atoms. The fraction of sp³-hybridized carbons (Fsp3) is 0.250. The predicted molar refractivity (Wildman–Crippen MR) is 66.1 cm³/mol. The summed E-state index contributed by atoms with van der Waals surface area (Å²) >= 11 is 5.87. The van der Waals surface area contributed by atoms with Crippen molar-refractivity contribution in [2.75, 3.05) is 0 Å². The molecule has 2 rings (SSSR count). The fourth-order valence-corrected chi connectivity index (χ4v) is 2.04. The molecule has 0 atom stereocenters. The molecule has 8 heteroatoms. The minimum atomic E-state index is -4.47.